The molecule has 0 radical (unpaired) electrons. The summed E-state index contributed by atoms with van der Waals surface area (Å²) in [5.74, 6) is 2.26. The minimum absolute atomic E-state index is 0.221. The first-order valence-electron chi connectivity index (χ1n) is 14.4. The number of fused-ring (bicyclic) bond motifs is 1. The largest absolute Gasteiger partial charge is 0.239 e. The Morgan fingerprint density at radius 3 is 2.11 bits per heavy atom. The quantitative estimate of drug-likeness (QED) is 0.294. The fourth-order valence-electron chi connectivity index (χ4n) is 7.43. The van der Waals surface area contributed by atoms with Crippen LogP contribution in [-0.4, -0.2) is 6.17 Å². The highest BCUT2D eigenvalue weighted by atomic mass is 19.2. The molecule has 3 aliphatic rings. The lowest BCUT2D eigenvalue weighted by Crippen LogP contribution is -2.48. The maximum absolute atomic E-state index is 15.9. The van der Waals surface area contributed by atoms with Crippen molar-refractivity contribution in [1.29, 1.82) is 0 Å². The van der Waals surface area contributed by atoms with E-state index in [1.807, 2.05) is 31.2 Å². The monoisotopic (exact) mass is 480 g/mol. The first kappa shape index (κ1) is 26.4. The van der Waals surface area contributed by atoms with E-state index in [-0.39, 0.29) is 5.92 Å². The van der Waals surface area contributed by atoms with Crippen LogP contribution in [0.4, 0.5) is 8.78 Å². The lowest BCUT2D eigenvalue weighted by Gasteiger charge is -2.45. The predicted molar refractivity (Wildman–Crippen MR) is 146 cm³/mol. The van der Waals surface area contributed by atoms with Gasteiger partial charge in [0.25, 0.3) is 0 Å². The fourth-order valence-corrected chi connectivity index (χ4v) is 7.43. The molecule has 2 atom stereocenters. The first-order valence-corrected chi connectivity index (χ1v) is 14.4. The van der Waals surface area contributed by atoms with Gasteiger partial charge in [-0.15, -0.1) is 6.58 Å². The summed E-state index contributed by atoms with van der Waals surface area (Å²) in [5.41, 5.74) is -0.716. The third kappa shape index (κ3) is 6.17. The lowest BCUT2D eigenvalue weighted by atomic mass is 9.60. The highest BCUT2D eigenvalue weighted by molar-refractivity contribution is 5.55. The highest BCUT2D eigenvalue weighted by Gasteiger charge is 2.48. The number of rotatable bonds is 10. The maximum atomic E-state index is 15.9. The molecular formula is C33H46F2. The topological polar surface area (TPSA) is 0 Å². The predicted octanol–water partition coefficient (Wildman–Crippen LogP) is 8.60. The Morgan fingerprint density at radius 1 is 0.886 bits per heavy atom. The van der Waals surface area contributed by atoms with Gasteiger partial charge in [-0.3, -0.25) is 0 Å². The van der Waals surface area contributed by atoms with Crippen molar-refractivity contribution in [1.82, 2.24) is 0 Å². The van der Waals surface area contributed by atoms with Gasteiger partial charge in [0.05, 0.1) is 0 Å². The Balaban J connectivity index is 1.36. The normalized spacial score (nSPS) is 33.3. The summed E-state index contributed by atoms with van der Waals surface area (Å²) < 4.78 is 31.2. The molecule has 192 valence electrons. The van der Waals surface area contributed by atoms with E-state index in [2.05, 4.69) is 24.8 Å². The molecule has 4 rings (SSSR count). The Morgan fingerprint density at radius 2 is 1.49 bits per heavy atom. The van der Waals surface area contributed by atoms with Crippen LogP contribution in [0.3, 0.4) is 0 Å². The van der Waals surface area contributed by atoms with Crippen LogP contribution < -0.4 is 10.4 Å². The molecule has 0 heterocycles. The van der Waals surface area contributed by atoms with Crippen molar-refractivity contribution in [2.45, 2.75) is 103 Å². The van der Waals surface area contributed by atoms with Crippen LogP contribution >= 0.6 is 0 Å². The number of alkyl halides is 1. The SMILES string of the molecule is C=CCCC1CCC(CCC2CCC(C3(CC/C=C/C)C=c4ccccc4=C(F)C3F)CC2)CC1. The molecule has 2 saturated carbocycles. The standard InChI is InChI=1S/C33H46F2/c1-3-5-9-23-33(24-28-11-7-8-12-30(28)31(34)32(33)35)29-21-19-27(20-22-29)18-17-26-15-13-25(14-16-26)10-6-4-2/h3-5,7-8,11-12,24-27,29,32H,2,6,9-10,13-23H2,1H3/b5-3+. The van der Waals surface area contributed by atoms with Crippen molar-refractivity contribution in [3.05, 3.63) is 59.5 Å². The summed E-state index contributed by atoms with van der Waals surface area (Å²) in [4.78, 5) is 0. The van der Waals surface area contributed by atoms with Crippen LogP contribution in [-0.2, 0) is 0 Å². The van der Waals surface area contributed by atoms with Crippen LogP contribution in [0.5, 0.6) is 0 Å². The molecule has 0 nitrogen and oxygen atoms in total. The molecule has 2 heteroatoms. The Bertz CT molecular complexity index is 959. The molecule has 0 N–H and O–H groups in total. The van der Waals surface area contributed by atoms with E-state index in [0.29, 0.717) is 11.6 Å². The summed E-state index contributed by atoms with van der Waals surface area (Å²) in [6, 6.07) is 7.45. The Kier molecular flexibility index (Phi) is 9.42. The maximum Gasteiger partial charge on any atom is 0.161 e. The van der Waals surface area contributed by atoms with Crippen LogP contribution in [0.15, 0.2) is 49.1 Å². The van der Waals surface area contributed by atoms with Gasteiger partial charge in [-0.25, -0.2) is 8.78 Å². The molecule has 0 bridgehead atoms. The van der Waals surface area contributed by atoms with Gasteiger partial charge < -0.3 is 0 Å². The van der Waals surface area contributed by atoms with E-state index in [1.54, 1.807) is 6.07 Å². The van der Waals surface area contributed by atoms with E-state index in [0.717, 1.165) is 42.2 Å². The third-order valence-corrected chi connectivity index (χ3v) is 9.65. The molecule has 1 aromatic carbocycles. The number of hydrogen-bond acceptors (Lipinski definition) is 0. The lowest BCUT2D eigenvalue weighted by molar-refractivity contribution is 0.0754. The van der Waals surface area contributed by atoms with Crippen molar-refractivity contribution in [2.24, 2.45) is 29.1 Å². The number of benzene rings is 1. The molecule has 0 aromatic heterocycles. The molecular weight excluding hydrogens is 434 g/mol. The summed E-state index contributed by atoms with van der Waals surface area (Å²) in [5, 5.41) is 1.33. The van der Waals surface area contributed by atoms with Crippen LogP contribution in [0.2, 0.25) is 0 Å². The van der Waals surface area contributed by atoms with Gasteiger partial charge in [0.2, 0.25) is 0 Å². The van der Waals surface area contributed by atoms with Gasteiger partial charge in [-0.2, -0.15) is 0 Å². The number of halogens is 2. The summed E-state index contributed by atoms with van der Waals surface area (Å²) in [6.07, 6.45) is 23.5. The van der Waals surface area contributed by atoms with Crippen LogP contribution in [0, 0.1) is 29.1 Å². The second-order valence-electron chi connectivity index (χ2n) is 11.7. The van der Waals surface area contributed by atoms with Gasteiger partial charge in [0, 0.05) is 10.6 Å². The van der Waals surface area contributed by atoms with Gasteiger partial charge in [-0.1, -0.05) is 99.9 Å². The summed E-state index contributed by atoms with van der Waals surface area (Å²) in [6.45, 7) is 5.88. The van der Waals surface area contributed by atoms with E-state index in [4.69, 9.17) is 0 Å². The third-order valence-electron chi connectivity index (χ3n) is 9.65. The first-order chi connectivity index (χ1) is 17.1. The minimum atomic E-state index is -1.53. The molecule has 0 saturated heterocycles. The second kappa shape index (κ2) is 12.5. The van der Waals surface area contributed by atoms with Gasteiger partial charge in [-0.05, 0) is 74.3 Å². The summed E-state index contributed by atoms with van der Waals surface area (Å²) in [7, 11) is 0. The molecule has 3 aliphatic carbocycles. The molecule has 2 unspecified atom stereocenters. The zero-order valence-electron chi connectivity index (χ0n) is 21.9. The summed E-state index contributed by atoms with van der Waals surface area (Å²) >= 11 is 0. The molecule has 35 heavy (non-hydrogen) atoms. The average Bonchev–Trinajstić information content (AvgIpc) is 2.90. The van der Waals surface area contributed by atoms with Gasteiger partial charge in [0.15, 0.2) is 6.17 Å². The molecule has 0 amide bonds. The smallest absolute Gasteiger partial charge is 0.161 e. The fraction of sp³-hybridized carbons (Fsp3) is 0.636. The van der Waals surface area contributed by atoms with Crippen LogP contribution in [0.25, 0.3) is 11.9 Å². The zero-order valence-corrected chi connectivity index (χ0v) is 21.9. The van der Waals surface area contributed by atoms with Crippen molar-refractivity contribution in [2.75, 3.05) is 0 Å². The Hall–Kier alpha value is -1.70. The van der Waals surface area contributed by atoms with Crippen molar-refractivity contribution in [3.63, 3.8) is 0 Å². The van der Waals surface area contributed by atoms with Gasteiger partial charge in [0.1, 0.15) is 5.83 Å². The van der Waals surface area contributed by atoms with Crippen molar-refractivity contribution < 1.29 is 8.78 Å². The van der Waals surface area contributed by atoms with Gasteiger partial charge >= 0.3 is 0 Å². The second-order valence-corrected chi connectivity index (χ2v) is 11.7. The number of hydrogen-bond donors (Lipinski definition) is 0. The van der Waals surface area contributed by atoms with E-state index < -0.39 is 17.4 Å². The Labute approximate surface area is 212 Å². The zero-order chi connectivity index (χ0) is 24.7. The molecule has 0 spiro atoms. The van der Waals surface area contributed by atoms with Crippen LogP contribution in [0.1, 0.15) is 96.8 Å². The number of allylic oxidation sites excluding steroid dienone is 3. The molecule has 2 fully saturated rings. The average molecular weight is 481 g/mol. The highest BCUT2D eigenvalue weighted by Crippen LogP contribution is 2.51. The molecule has 1 aromatic rings. The minimum Gasteiger partial charge on any atom is -0.239 e. The van der Waals surface area contributed by atoms with E-state index in [1.165, 1.54) is 64.2 Å². The molecule has 0 aliphatic heterocycles. The van der Waals surface area contributed by atoms with E-state index in [9.17, 15) is 0 Å². The van der Waals surface area contributed by atoms with Crippen molar-refractivity contribution >= 4 is 11.9 Å². The van der Waals surface area contributed by atoms with Crippen molar-refractivity contribution in [3.8, 4) is 0 Å². The van der Waals surface area contributed by atoms with E-state index >= 15 is 8.78 Å².